The van der Waals surface area contributed by atoms with Crippen LogP contribution in [0.15, 0.2) is 168 Å². The Morgan fingerprint density at radius 1 is 0.698 bits per heavy atom. The summed E-state index contributed by atoms with van der Waals surface area (Å²) in [6.07, 6.45) is 20.5. The van der Waals surface area contributed by atoms with Crippen LogP contribution in [0.25, 0.3) is 32.8 Å². The zero-order valence-electron chi connectivity index (χ0n) is 23.8. The fourth-order valence-corrected chi connectivity index (χ4v) is 6.61. The van der Waals surface area contributed by atoms with Gasteiger partial charge in [-0.05, 0) is 81.6 Å². The van der Waals surface area contributed by atoms with Crippen LogP contribution < -0.4 is 5.32 Å². The summed E-state index contributed by atoms with van der Waals surface area (Å²) >= 11 is 0. The Kier molecular flexibility index (Phi) is 6.42. The summed E-state index contributed by atoms with van der Waals surface area (Å²) in [6.45, 7) is 0. The molecule has 1 aromatic heterocycles. The lowest BCUT2D eigenvalue weighted by molar-refractivity contribution is 0.636. The molecule has 3 heteroatoms. The molecule has 0 bridgehead atoms. The van der Waals surface area contributed by atoms with Crippen molar-refractivity contribution >= 4 is 33.4 Å². The molecule has 0 saturated carbocycles. The Hall–Kier alpha value is -5.28. The molecule has 1 aliphatic heterocycles. The van der Waals surface area contributed by atoms with Gasteiger partial charge in [0, 0.05) is 46.8 Å². The Bertz CT molecular complexity index is 2040. The molecule has 0 saturated heterocycles. The third-order valence-electron chi connectivity index (χ3n) is 8.81. The van der Waals surface area contributed by atoms with Gasteiger partial charge in [-0.15, -0.1) is 0 Å². The lowest BCUT2D eigenvalue weighted by atomic mass is 9.77. The van der Waals surface area contributed by atoms with E-state index >= 15 is 0 Å². The van der Waals surface area contributed by atoms with E-state index in [4.69, 9.17) is 4.99 Å². The maximum atomic E-state index is 4.99. The highest BCUT2D eigenvalue weighted by Crippen LogP contribution is 2.41. The number of dihydropyridines is 1. The zero-order valence-corrected chi connectivity index (χ0v) is 23.8. The van der Waals surface area contributed by atoms with E-state index in [-0.39, 0.29) is 12.0 Å². The van der Waals surface area contributed by atoms with Gasteiger partial charge in [0.1, 0.15) is 0 Å². The first-order valence-electron chi connectivity index (χ1n) is 15.0. The number of allylic oxidation sites excluding steroid dienone is 5. The van der Waals surface area contributed by atoms with Crippen molar-refractivity contribution in [2.24, 2.45) is 10.9 Å². The first kappa shape index (κ1) is 25.4. The minimum absolute atomic E-state index is 0.0676. The summed E-state index contributed by atoms with van der Waals surface area (Å²) in [6, 6.07) is 34.7. The summed E-state index contributed by atoms with van der Waals surface area (Å²) in [5.41, 5.74) is 8.32. The van der Waals surface area contributed by atoms with Crippen LogP contribution in [0.5, 0.6) is 0 Å². The van der Waals surface area contributed by atoms with E-state index in [1.165, 1.54) is 38.3 Å². The second-order valence-corrected chi connectivity index (χ2v) is 11.5. The molecule has 3 atom stereocenters. The number of aromatic nitrogens is 1. The van der Waals surface area contributed by atoms with Crippen LogP contribution in [-0.4, -0.2) is 17.2 Å². The minimum atomic E-state index is 0.0676. The second kappa shape index (κ2) is 10.8. The summed E-state index contributed by atoms with van der Waals surface area (Å²) < 4.78 is 0. The molecule has 206 valence electrons. The number of hydrogen-bond acceptors (Lipinski definition) is 3. The van der Waals surface area contributed by atoms with Crippen molar-refractivity contribution in [2.45, 2.75) is 18.4 Å². The van der Waals surface area contributed by atoms with Crippen LogP contribution in [-0.2, 0) is 0 Å². The van der Waals surface area contributed by atoms with Crippen LogP contribution in [0.3, 0.4) is 0 Å². The number of fused-ring (bicyclic) bond motifs is 3. The summed E-state index contributed by atoms with van der Waals surface area (Å²) in [4.78, 5) is 9.52. The van der Waals surface area contributed by atoms with Gasteiger partial charge in [0.25, 0.3) is 0 Å². The van der Waals surface area contributed by atoms with E-state index in [0.717, 1.165) is 29.1 Å². The van der Waals surface area contributed by atoms with Crippen molar-refractivity contribution in [3.8, 4) is 11.3 Å². The number of anilines is 1. The summed E-state index contributed by atoms with van der Waals surface area (Å²) in [5, 5.41) is 8.74. The first-order valence-corrected chi connectivity index (χ1v) is 15.0. The zero-order chi connectivity index (χ0) is 28.6. The van der Waals surface area contributed by atoms with Gasteiger partial charge in [-0.1, -0.05) is 97.1 Å². The number of nitrogens with zero attached hydrogens (tertiary/aromatic N) is 2. The average molecular weight is 554 g/mol. The highest BCUT2D eigenvalue weighted by molar-refractivity contribution is 5.88. The van der Waals surface area contributed by atoms with Gasteiger partial charge in [0.15, 0.2) is 0 Å². The molecule has 0 radical (unpaired) electrons. The Morgan fingerprint density at radius 3 is 2.47 bits per heavy atom. The number of rotatable bonds is 5. The molecule has 4 aromatic carbocycles. The molecule has 0 fully saturated rings. The molecule has 5 aromatic rings. The highest BCUT2D eigenvalue weighted by Gasteiger charge is 2.31. The number of pyridine rings is 1. The van der Waals surface area contributed by atoms with Gasteiger partial charge in [-0.3, -0.25) is 9.98 Å². The van der Waals surface area contributed by atoms with Gasteiger partial charge < -0.3 is 5.32 Å². The Balaban J connectivity index is 1.12. The van der Waals surface area contributed by atoms with E-state index < -0.39 is 0 Å². The van der Waals surface area contributed by atoms with E-state index in [0.29, 0.717) is 5.92 Å². The SMILES string of the molecule is C1=CC(c2ccc3cc(-c4ccccn4)ccc3c2)CC(C2=C(Nc3ccc4ccccc4c3)C=CC3C=CC=NC23)=C1. The lowest BCUT2D eigenvalue weighted by Gasteiger charge is -2.33. The van der Waals surface area contributed by atoms with E-state index in [1.807, 2.05) is 24.5 Å². The Morgan fingerprint density at radius 2 is 1.53 bits per heavy atom. The van der Waals surface area contributed by atoms with Crippen LogP contribution in [0, 0.1) is 5.92 Å². The van der Waals surface area contributed by atoms with Crippen LogP contribution in [0.1, 0.15) is 17.9 Å². The summed E-state index contributed by atoms with van der Waals surface area (Å²) in [7, 11) is 0. The molecular weight excluding hydrogens is 522 g/mol. The van der Waals surface area contributed by atoms with Gasteiger partial charge in [0.05, 0.1) is 11.7 Å². The normalized spacial score (nSPS) is 20.8. The third kappa shape index (κ3) is 4.93. The molecule has 8 rings (SSSR count). The molecule has 0 spiro atoms. The number of benzene rings is 4. The van der Waals surface area contributed by atoms with Crippen molar-refractivity contribution in [2.75, 3.05) is 5.32 Å². The van der Waals surface area contributed by atoms with Crippen molar-refractivity contribution in [3.05, 3.63) is 168 Å². The van der Waals surface area contributed by atoms with Crippen molar-refractivity contribution in [1.82, 2.24) is 4.98 Å². The molecule has 2 aliphatic carbocycles. The fraction of sp³-hybridized carbons (Fsp3) is 0.100. The lowest BCUT2D eigenvalue weighted by Crippen LogP contribution is -2.28. The smallest absolute Gasteiger partial charge is 0.0868 e. The number of nitrogens with one attached hydrogen (secondary N) is 1. The topological polar surface area (TPSA) is 37.3 Å². The Labute approximate surface area is 252 Å². The number of aliphatic imine (C=N–C) groups is 1. The van der Waals surface area contributed by atoms with Gasteiger partial charge in [0.2, 0.25) is 0 Å². The molecular formula is C40H31N3. The maximum absolute atomic E-state index is 4.99. The predicted octanol–water partition coefficient (Wildman–Crippen LogP) is 9.59. The molecule has 2 heterocycles. The standard InChI is InChI=1S/C40H31N3/c1-2-8-30-26-36(19-17-27(30)7-1)43-38-20-18-28-11-6-22-42-40(28)39(38)35-10-5-9-29(25-35)31-13-14-33-24-34(16-15-32(33)23-31)37-12-3-4-21-41-37/h1-24,26,28-29,40,43H,25H2. The average Bonchev–Trinajstić information content (AvgIpc) is 3.08. The largest absolute Gasteiger partial charge is 0.355 e. The summed E-state index contributed by atoms with van der Waals surface area (Å²) in [5.74, 6) is 0.558. The quantitative estimate of drug-likeness (QED) is 0.235. The third-order valence-corrected chi connectivity index (χ3v) is 8.81. The number of hydrogen-bond donors (Lipinski definition) is 1. The van der Waals surface area contributed by atoms with Gasteiger partial charge in [-0.2, -0.15) is 0 Å². The van der Waals surface area contributed by atoms with Crippen LogP contribution in [0.4, 0.5) is 5.69 Å². The van der Waals surface area contributed by atoms with E-state index in [1.54, 1.807) is 0 Å². The molecule has 3 nitrogen and oxygen atoms in total. The monoisotopic (exact) mass is 553 g/mol. The van der Waals surface area contributed by atoms with Crippen molar-refractivity contribution in [3.63, 3.8) is 0 Å². The van der Waals surface area contributed by atoms with E-state index in [9.17, 15) is 0 Å². The molecule has 3 unspecified atom stereocenters. The highest BCUT2D eigenvalue weighted by atomic mass is 14.9. The fourth-order valence-electron chi connectivity index (χ4n) is 6.61. The van der Waals surface area contributed by atoms with Crippen molar-refractivity contribution in [1.29, 1.82) is 0 Å². The molecule has 1 N–H and O–H groups in total. The maximum Gasteiger partial charge on any atom is 0.0868 e. The van der Waals surface area contributed by atoms with Crippen LogP contribution in [0.2, 0.25) is 0 Å². The van der Waals surface area contributed by atoms with E-state index in [2.05, 4.69) is 138 Å². The molecule has 0 amide bonds. The second-order valence-electron chi connectivity index (χ2n) is 11.5. The van der Waals surface area contributed by atoms with Crippen molar-refractivity contribution < 1.29 is 0 Å². The van der Waals surface area contributed by atoms with Gasteiger partial charge >= 0.3 is 0 Å². The molecule has 43 heavy (non-hydrogen) atoms. The van der Waals surface area contributed by atoms with Crippen LogP contribution >= 0.6 is 0 Å². The minimum Gasteiger partial charge on any atom is -0.355 e. The molecule has 3 aliphatic rings. The first-order chi connectivity index (χ1) is 21.3. The van der Waals surface area contributed by atoms with Gasteiger partial charge in [-0.25, -0.2) is 0 Å². The predicted molar refractivity (Wildman–Crippen MR) is 180 cm³/mol.